The van der Waals surface area contributed by atoms with Crippen LogP contribution in [-0.2, 0) is 10.5 Å². The van der Waals surface area contributed by atoms with Crippen molar-refractivity contribution in [3.8, 4) is 5.75 Å². The first kappa shape index (κ1) is 19.1. The Morgan fingerprint density at radius 1 is 1.07 bits per heavy atom. The van der Waals surface area contributed by atoms with Crippen LogP contribution in [0.3, 0.4) is 0 Å². The SMILES string of the molecule is CNC(=O)[C@H]1CN(C(=O)c2ccc(CSc3ccccc3)o2)c2ccccc2O1. The van der Waals surface area contributed by atoms with Gasteiger partial charge < -0.3 is 14.5 Å². The summed E-state index contributed by atoms with van der Waals surface area (Å²) in [5, 5.41) is 2.57. The van der Waals surface area contributed by atoms with E-state index in [4.69, 9.17) is 9.15 Å². The van der Waals surface area contributed by atoms with Crippen LogP contribution >= 0.6 is 11.8 Å². The summed E-state index contributed by atoms with van der Waals surface area (Å²) in [6, 6.07) is 20.7. The molecular formula is C22H20N2O4S. The van der Waals surface area contributed by atoms with E-state index in [1.807, 2.05) is 42.5 Å². The first-order chi connectivity index (χ1) is 14.2. The number of anilines is 1. The zero-order valence-electron chi connectivity index (χ0n) is 15.8. The Morgan fingerprint density at radius 2 is 1.83 bits per heavy atom. The molecule has 0 radical (unpaired) electrons. The van der Waals surface area contributed by atoms with Crippen molar-refractivity contribution in [2.24, 2.45) is 0 Å². The molecule has 2 aromatic carbocycles. The summed E-state index contributed by atoms with van der Waals surface area (Å²) in [5.41, 5.74) is 0.620. The molecule has 7 heteroatoms. The zero-order valence-corrected chi connectivity index (χ0v) is 16.6. The van der Waals surface area contributed by atoms with Crippen LogP contribution in [-0.4, -0.2) is 31.5 Å². The Labute approximate surface area is 172 Å². The van der Waals surface area contributed by atoms with Crippen molar-refractivity contribution < 1.29 is 18.7 Å². The number of rotatable bonds is 5. The van der Waals surface area contributed by atoms with E-state index in [1.54, 1.807) is 43.1 Å². The third kappa shape index (κ3) is 4.14. The van der Waals surface area contributed by atoms with Gasteiger partial charge in [0.2, 0.25) is 0 Å². The number of amides is 2. The van der Waals surface area contributed by atoms with E-state index in [2.05, 4.69) is 5.32 Å². The summed E-state index contributed by atoms with van der Waals surface area (Å²) in [7, 11) is 1.54. The molecule has 0 aliphatic carbocycles. The summed E-state index contributed by atoms with van der Waals surface area (Å²) in [4.78, 5) is 27.9. The van der Waals surface area contributed by atoms with Gasteiger partial charge in [0.1, 0.15) is 11.5 Å². The van der Waals surface area contributed by atoms with Gasteiger partial charge in [-0.3, -0.25) is 14.5 Å². The van der Waals surface area contributed by atoms with Crippen LogP contribution in [0.15, 0.2) is 76.0 Å². The number of fused-ring (bicyclic) bond motifs is 1. The van der Waals surface area contributed by atoms with E-state index in [9.17, 15) is 9.59 Å². The Bertz CT molecular complexity index is 1020. The summed E-state index contributed by atoms with van der Waals surface area (Å²) < 4.78 is 11.6. The van der Waals surface area contributed by atoms with E-state index in [0.29, 0.717) is 22.9 Å². The predicted molar refractivity (Wildman–Crippen MR) is 111 cm³/mol. The minimum atomic E-state index is -0.776. The molecule has 29 heavy (non-hydrogen) atoms. The smallest absolute Gasteiger partial charge is 0.294 e. The van der Waals surface area contributed by atoms with Crippen LogP contribution in [0.4, 0.5) is 5.69 Å². The van der Waals surface area contributed by atoms with Crippen molar-refractivity contribution in [2.75, 3.05) is 18.5 Å². The number of nitrogens with one attached hydrogen (secondary N) is 1. The number of para-hydroxylation sites is 2. The molecule has 0 saturated heterocycles. The van der Waals surface area contributed by atoms with E-state index >= 15 is 0 Å². The lowest BCUT2D eigenvalue weighted by Crippen LogP contribution is -2.50. The maximum absolute atomic E-state index is 13.1. The van der Waals surface area contributed by atoms with Gasteiger partial charge in [-0.25, -0.2) is 0 Å². The molecule has 1 aromatic heterocycles. The standard InChI is InChI=1S/C22H20N2O4S/c1-23-21(25)20-13-24(17-9-5-6-10-18(17)28-20)22(26)19-12-11-15(27-19)14-29-16-7-3-2-4-8-16/h2-12,20H,13-14H2,1H3,(H,23,25)/t20-/m1/s1. The van der Waals surface area contributed by atoms with Crippen LogP contribution in [0.1, 0.15) is 16.3 Å². The highest BCUT2D eigenvalue weighted by molar-refractivity contribution is 7.98. The number of carbonyl (C=O) groups is 2. The quantitative estimate of drug-likeness (QED) is 0.652. The molecule has 1 atom stereocenters. The predicted octanol–water partition coefficient (Wildman–Crippen LogP) is 3.73. The normalized spacial score (nSPS) is 15.3. The Morgan fingerprint density at radius 3 is 2.62 bits per heavy atom. The van der Waals surface area contributed by atoms with E-state index in [1.165, 1.54) is 4.90 Å². The fourth-order valence-corrected chi connectivity index (χ4v) is 3.91. The first-order valence-corrected chi connectivity index (χ1v) is 10.2. The minimum absolute atomic E-state index is 0.115. The van der Waals surface area contributed by atoms with E-state index in [-0.39, 0.29) is 24.1 Å². The fraction of sp³-hybridized carbons (Fsp3) is 0.182. The number of ether oxygens (including phenoxy) is 1. The van der Waals surface area contributed by atoms with Crippen molar-refractivity contribution in [3.63, 3.8) is 0 Å². The van der Waals surface area contributed by atoms with Gasteiger partial charge in [0.25, 0.3) is 11.8 Å². The molecule has 1 aliphatic rings. The second kappa shape index (κ2) is 8.45. The molecule has 0 unspecified atom stereocenters. The molecule has 0 bridgehead atoms. The Balaban J connectivity index is 1.52. The molecule has 2 amide bonds. The lowest BCUT2D eigenvalue weighted by molar-refractivity contribution is -0.127. The fourth-order valence-electron chi connectivity index (χ4n) is 3.10. The number of benzene rings is 2. The third-order valence-electron chi connectivity index (χ3n) is 4.55. The lowest BCUT2D eigenvalue weighted by atomic mass is 10.1. The van der Waals surface area contributed by atoms with Crippen LogP contribution in [0, 0.1) is 0 Å². The van der Waals surface area contributed by atoms with Crippen molar-refractivity contribution in [2.45, 2.75) is 16.8 Å². The van der Waals surface area contributed by atoms with Gasteiger partial charge in [-0.1, -0.05) is 30.3 Å². The van der Waals surface area contributed by atoms with Crippen LogP contribution < -0.4 is 15.0 Å². The number of hydrogen-bond donors (Lipinski definition) is 1. The van der Waals surface area contributed by atoms with Crippen LogP contribution in [0.25, 0.3) is 0 Å². The maximum Gasteiger partial charge on any atom is 0.294 e. The van der Waals surface area contributed by atoms with Gasteiger partial charge in [0, 0.05) is 11.9 Å². The topological polar surface area (TPSA) is 71.8 Å². The average Bonchev–Trinajstić information content (AvgIpc) is 3.25. The number of nitrogens with zero attached hydrogens (tertiary/aromatic N) is 1. The average molecular weight is 408 g/mol. The number of carbonyl (C=O) groups excluding carboxylic acids is 2. The summed E-state index contributed by atoms with van der Waals surface area (Å²) in [6.07, 6.45) is -0.776. The van der Waals surface area contributed by atoms with Crippen molar-refractivity contribution in [1.29, 1.82) is 0 Å². The van der Waals surface area contributed by atoms with Gasteiger partial charge in [-0.05, 0) is 36.4 Å². The molecular weight excluding hydrogens is 388 g/mol. The molecule has 3 aromatic rings. The number of likely N-dealkylation sites (N-methyl/N-ethyl adjacent to an activating group) is 1. The molecule has 0 fully saturated rings. The van der Waals surface area contributed by atoms with Crippen LogP contribution in [0.2, 0.25) is 0 Å². The summed E-state index contributed by atoms with van der Waals surface area (Å²) in [6.45, 7) is 0.115. The van der Waals surface area contributed by atoms with Crippen LogP contribution in [0.5, 0.6) is 5.75 Å². The highest BCUT2D eigenvalue weighted by atomic mass is 32.2. The molecule has 2 heterocycles. The molecule has 4 rings (SSSR count). The third-order valence-corrected chi connectivity index (χ3v) is 5.59. The summed E-state index contributed by atoms with van der Waals surface area (Å²) in [5.74, 6) is 1.49. The van der Waals surface area contributed by atoms with Gasteiger partial charge in [-0.15, -0.1) is 11.8 Å². The highest BCUT2D eigenvalue weighted by Gasteiger charge is 2.34. The molecule has 6 nitrogen and oxygen atoms in total. The second-order valence-corrected chi connectivity index (χ2v) is 7.52. The lowest BCUT2D eigenvalue weighted by Gasteiger charge is -2.33. The molecule has 0 saturated carbocycles. The molecule has 0 spiro atoms. The molecule has 148 valence electrons. The van der Waals surface area contributed by atoms with Crippen molar-refractivity contribution in [1.82, 2.24) is 5.32 Å². The first-order valence-electron chi connectivity index (χ1n) is 9.21. The van der Waals surface area contributed by atoms with E-state index < -0.39 is 6.10 Å². The van der Waals surface area contributed by atoms with Crippen molar-refractivity contribution >= 4 is 29.3 Å². The zero-order chi connectivity index (χ0) is 20.2. The Hall–Kier alpha value is -3.19. The number of furan rings is 1. The maximum atomic E-state index is 13.1. The second-order valence-electron chi connectivity index (χ2n) is 6.47. The van der Waals surface area contributed by atoms with E-state index in [0.717, 1.165) is 4.90 Å². The van der Waals surface area contributed by atoms with Crippen molar-refractivity contribution in [3.05, 3.63) is 78.3 Å². The minimum Gasteiger partial charge on any atom is -0.477 e. The molecule has 1 aliphatic heterocycles. The van der Waals surface area contributed by atoms with Gasteiger partial charge in [0.15, 0.2) is 11.9 Å². The van der Waals surface area contributed by atoms with Gasteiger partial charge in [-0.2, -0.15) is 0 Å². The highest BCUT2D eigenvalue weighted by Crippen LogP contribution is 2.34. The largest absolute Gasteiger partial charge is 0.477 e. The monoisotopic (exact) mass is 408 g/mol. The van der Waals surface area contributed by atoms with Gasteiger partial charge >= 0.3 is 0 Å². The number of hydrogen-bond acceptors (Lipinski definition) is 5. The Kier molecular flexibility index (Phi) is 5.57. The number of thioether (sulfide) groups is 1. The van der Waals surface area contributed by atoms with Gasteiger partial charge in [0.05, 0.1) is 18.0 Å². The summed E-state index contributed by atoms with van der Waals surface area (Å²) >= 11 is 1.64. The molecule has 1 N–H and O–H groups in total.